The number of hydrogen-bond acceptors (Lipinski definition) is 4. The van der Waals surface area contributed by atoms with E-state index in [0.717, 1.165) is 16.9 Å². The van der Waals surface area contributed by atoms with Crippen LogP contribution in [0.25, 0.3) is 11.3 Å². The lowest BCUT2D eigenvalue weighted by molar-refractivity contribution is -0.121. The summed E-state index contributed by atoms with van der Waals surface area (Å²) in [5.74, 6) is 0.757. The monoisotopic (exact) mass is 405 g/mol. The van der Waals surface area contributed by atoms with Crippen molar-refractivity contribution in [3.8, 4) is 17.0 Å². The normalized spacial score (nSPS) is 11.7. The predicted octanol–water partition coefficient (Wildman–Crippen LogP) is 3.97. The van der Waals surface area contributed by atoms with Crippen molar-refractivity contribution in [2.45, 2.75) is 39.3 Å². The number of nitrogens with zero attached hydrogens (tertiary/aromatic N) is 2. The van der Waals surface area contributed by atoms with Gasteiger partial charge in [-0.15, -0.1) is 0 Å². The van der Waals surface area contributed by atoms with E-state index < -0.39 is 0 Å². The topological polar surface area (TPSA) is 73.2 Å². The summed E-state index contributed by atoms with van der Waals surface area (Å²) in [5, 5.41) is 7.45. The molecule has 30 heavy (non-hydrogen) atoms. The lowest BCUT2D eigenvalue weighted by Gasteiger charge is -2.14. The number of aryl methyl sites for hydroxylation is 1. The summed E-state index contributed by atoms with van der Waals surface area (Å²) < 4.78 is 6.87. The van der Waals surface area contributed by atoms with Crippen LogP contribution in [0.2, 0.25) is 0 Å². The van der Waals surface area contributed by atoms with Crippen molar-refractivity contribution >= 4 is 5.91 Å². The van der Waals surface area contributed by atoms with E-state index in [2.05, 4.69) is 10.4 Å². The number of carbonyl (C=O) groups excluding carboxylic acids is 1. The lowest BCUT2D eigenvalue weighted by atomic mass is 10.1. The van der Waals surface area contributed by atoms with E-state index in [1.54, 1.807) is 6.07 Å². The predicted molar refractivity (Wildman–Crippen MR) is 117 cm³/mol. The number of amides is 1. The van der Waals surface area contributed by atoms with Crippen LogP contribution >= 0.6 is 0 Å². The van der Waals surface area contributed by atoms with E-state index in [-0.39, 0.29) is 17.5 Å². The van der Waals surface area contributed by atoms with Crippen LogP contribution in [0.15, 0.2) is 71.5 Å². The third-order valence-electron chi connectivity index (χ3n) is 4.78. The highest BCUT2D eigenvalue weighted by atomic mass is 16.5. The van der Waals surface area contributed by atoms with Crippen LogP contribution < -0.4 is 15.6 Å². The summed E-state index contributed by atoms with van der Waals surface area (Å²) in [7, 11) is 0. The molecule has 1 amide bonds. The number of aromatic nitrogens is 2. The molecular weight excluding hydrogens is 378 g/mol. The molecule has 0 radical (unpaired) electrons. The van der Waals surface area contributed by atoms with Crippen molar-refractivity contribution in [3.05, 3.63) is 82.6 Å². The molecule has 0 spiro atoms. The zero-order chi connectivity index (χ0) is 21.3. The highest BCUT2D eigenvalue weighted by Crippen LogP contribution is 2.20. The zero-order valence-corrected chi connectivity index (χ0v) is 17.4. The quantitative estimate of drug-likeness (QED) is 0.585. The molecule has 0 saturated carbocycles. The molecular formula is C24H27N3O3. The Balaban J connectivity index is 1.57. The Morgan fingerprint density at radius 2 is 1.80 bits per heavy atom. The van der Waals surface area contributed by atoms with Crippen molar-refractivity contribution < 1.29 is 9.53 Å². The molecule has 0 bridgehead atoms. The van der Waals surface area contributed by atoms with Gasteiger partial charge >= 0.3 is 0 Å². The summed E-state index contributed by atoms with van der Waals surface area (Å²) in [6.07, 6.45) is 0.867. The molecule has 3 rings (SSSR count). The second kappa shape index (κ2) is 10.4. The molecule has 0 fully saturated rings. The first-order chi connectivity index (χ1) is 14.6. The Hall–Kier alpha value is -3.41. The van der Waals surface area contributed by atoms with Gasteiger partial charge in [0.05, 0.1) is 18.3 Å². The van der Waals surface area contributed by atoms with Crippen LogP contribution in [-0.2, 0) is 11.3 Å². The van der Waals surface area contributed by atoms with Crippen LogP contribution in [0.1, 0.15) is 38.3 Å². The molecule has 0 aliphatic heterocycles. The van der Waals surface area contributed by atoms with Gasteiger partial charge in [0, 0.05) is 24.6 Å². The van der Waals surface area contributed by atoms with E-state index in [1.807, 2.05) is 68.4 Å². The number of hydrogen-bond donors (Lipinski definition) is 1. The first kappa shape index (κ1) is 21.3. The number of benzene rings is 2. The van der Waals surface area contributed by atoms with Crippen molar-refractivity contribution in [1.82, 2.24) is 15.1 Å². The minimum atomic E-state index is -0.178. The second-order valence-corrected chi connectivity index (χ2v) is 7.04. The van der Waals surface area contributed by atoms with Crippen molar-refractivity contribution in [2.24, 2.45) is 0 Å². The Labute approximate surface area is 176 Å². The van der Waals surface area contributed by atoms with Crippen LogP contribution in [0.3, 0.4) is 0 Å². The van der Waals surface area contributed by atoms with Crippen LogP contribution in [-0.4, -0.2) is 22.3 Å². The molecule has 0 aliphatic carbocycles. The molecule has 6 heteroatoms. The Morgan fingerprint density at radius 1 is 1.07 bits per heavy atom. The highest BCUT2D eigenvalue weighted by molar-refractivity contribution is 5.76. The number of carbonyl (C=O) groups is 1. The third kappa shape index (κ3) is 5.80. The summed E-state index contributed by atoms with van der Waals surface area (Å²) in [6, 6.07) is 20.6. The average Bonchev–Trinajstić information content (AvgIpc) is 2.76. The maximum Gasteiger partial charge on any atom is 0.266 e. The number of rotatable bonds is 9. The maximum absolute atomic E-state index is 12.2. The minimum absolute atomic E-state index is 0.0398. The Bertz CT molecular complexity index is 1010. The summed E-state index contributed by atoms with van der Waals surface area (Å²) in [5.41, 5.74) is 2.50. The van der Waals surface area contributed by atoms with Gasteiger partial charge in [0.15, 0.2) is 0 Å². The van der Waals surface area contributed by atoms with Crippen molar-refractivity contribution in [2.75, 3.05) is 6.61 Å². The van der Waals surface area contributed by atoms with Crippen LogP contribution in [0, 0.1) is 0 Å². The molecule has 2 aromatic carbocycles. The van der Waals surface area contributed by atoms with Crippen molar-refractivity contribution in [3.63, 3.8) is 0 Å². The zero-order valence-electron chi connectivity index (χ0n) is 17.4. The molecule has 1 aromatic heterocycles. The van der Waals surface area contributed by atoms with Crippen molar-refractivity contribution in [1.29, 1.82) is 0 Å². The second-order valence-electron chi connectivity index (χ2n) is 7.04. The molecule has 3 aromatic rings. The van der Waals surface area contributed by atoms with Gasteiger partial charge < -0.3 is 10.1 Å². The maximum atomic E-state index is 12.2. The average molecular weight is 405 g/mol. The largest absolute Gasteiger partial charge is 0.494 e. The molecule has 1 N–H and O–H groups in total. The number of ether oxygens (including phenoxy) is 1. The van der Waals surface area contributed by atoms with Gasteiger partial charge in [0.25, 0.3) is 5.56 Å². The number of nitrogens with one attached hydrogen (secondary N) is 1. The first-order valence-corrected chi connectivity index (χ1v) is 10.2. The highest BCUT2D eigenvalue weighted by Gasteiger charge is 2.10. The molecule has 0 aliphatic rings. The fraction of sp³-hybridized carbons (Fsp3) is 0.292. The molecule has 1 atom stereocenters. The van der Waals surface area contributed by atoms with Gasteiger partial charge in [0.1, 0.15) is 5.75 Å². The fourth-order valence-electron chi connectivity index (χ4n) is 3.18. The van der Waals surface area contributed by atoms with E-state index in [0.29, 0.717) is 31.7 Å². The minimum Gasteiger partial charge on any atom is -0.494 e. The lowest BCUT2D eigenvalue weighted by Crippen LogP contribution is -2.27. The molecule has 156 valence electrons. The van der Waals surface area contributed by atoms with Gasteiger partial charge in [-0.1, -0.05) is 30.3 Å². The summed E-state index contributed by atoms with van der Waals surface area (Å²) in [6.45, 7) is 4.89. The third-order valence-corrected chi connectivity index (χ3v) is 4.78. The summed E-state index contributed by atoms with van der Waals surface area (Å²) in [4.78, 5) is 24.4. The standard InChI is InChI=1S/C24H27N3O3/c1-3-30-21-13-11-20(12-14-21)22-15-16-24(29)27(26-22)17-7-10-23(28)25-18(2)19-8-5-4-6-9-19/h4-6,8-9,11-16,18H,3,7,10,17H2,1-2H3,(H,25,28)/t18-/m1/s1. The fourth-order valence-corrected chi connectivity index (χ4v) is 3.18. The first-order valence-electron chi connectivity index (χ1n) is 10.2. The summed E-state index contributed by atoms with van der Waals surface area (Å²) >= 11 is 0. The van der Waals surface area contributed by atoms with Crippen LogP contribution in [0.4, 0.5) is 0 Å². The van der Waals surface area contributed by atoms with E-state index in [9.17, 15) is 9.59 Å². The van der Waals surface area contributed by atoms with Gasteiger partial charge in [-0.25, -0.2) is 4.68 Å². The molecule has 0 unspecified atom stereocenters. The van der Waals surface area contributed by atoms with E-state index in [1.165, 1.54) is 10.7 Å². The van der Waals surface area contributed by atoms with Crippen LogP contribution in [0.5, 0.6) is 5.75 Å². The Kier molecular flexibility index (Phi) is 7.38. The molecule has 0 saturated heterocycles. The van der Waals surface area contributed by atoms with Gasteiger partial charge in [-0.3, -0.25) is 9.59 Å². The van der Waals surface area contributed by atoms with E-state index in [4.69, 9.17) is 4.74 Å². The van der Waals surface area contributed by atoms with E-state index >= 15 is 0 Å². The Morgan fingerprint density at radius 3 is 2.50 bits per heavy atom. The smallest absolute Gasteiger partial charge is 0.266 e. The van der Waals surface area contributed by atoms with Gasteiger partial charge in [-0.2, -0.15) is 5.10 Å². The molecule has 6 nitrogen and oxygen atoms in total. The SMILES string of the molecule is CCOc1ccc(-c2ccc(=O)n(CCCC(=O)N[C@H](C)c3ccccc3)n2)cc1. The van der Waals surface area contributed by atoms with Gasteiger partial charge in [0.2, 0.25) is 5.91 Å². The van der Waals surface area contributed by atoms with Gasteiger partial charge in [-0.05, 0) is 56.2 Å². The molecule has 1 heterocycles.